The van der Waals surface area contributed by atoms with Crippen molar-refractivity contribution in [2.24, 2.45) is 0 Å². The second-order valence-electron chi connectivity index (χ2n) is 8.86. The lowest BCUT2D eigenvalue weighted by atomic mass is 9.80. The predicted molar refractivity (Wildman–Crippen MR) is 124 cm³/mol. The molecule has 7 heteroatoms. The molecule has 33 heavy (non-hydrogen) atoms. The average molecular weight is 456 g/mol. The summed E-state index contributed by atoms with van der Waals surface area (Å²) in [5.74, 6) is 2.07. The average Bonchev–Trinajstić information content (AvgIpc) is 2.82. The van der Waals surface area contributed by atoms with Crippen molar-refractivity contribution in [3.63, 3.8) is 0 Å². The van der Waals surface area contributed by atoms with Gasteiger partial charge in [0.05, 0.1) is 13.2 Å². The normalized spacial score (nSPS) is 19.2. The van der Waals surface area contributed by atoms with Crippen LogP contribution < -0.4 is 14.2 Å². The molecule has 0 aromatic heterocycles. The number of amides is 1. The number of carbonyl (C=O) groups excluding carboxylic acids is 1. The molecular formula is C26H33NO6. The van der Waals surface area contributed by atoms with Crippen molar-refractivity contribution in [3.05, 3.63) is 53.6 Å². The molecule has 1 amide bonds. The monoisotopic (exact) mass is 455 g/mol. The van der Waals surface area contributed by atoms with E-state index in [-0.39, 0.29) is 24.9 Å². The van der Waals surface area contributed by atoms with Crippen molar-refractivity contribution in [3.8, 4) is 17.2 Å². The van der Waals surface area contributed by atoms with Gasteiger partial charge in [-0.2, -0.15) is 0 Å². The standard InChI is InChI=1S/C26H33NO6/c1-18(2)32-22-10-9-20(15-23(22)30-4)25(28)27-13-11-26(12-14-27)24(31-17-29-3)16-19-7-5-6-8-21(19)33-26/h5-10,15,18,24H,11-14,16-17H2,1-4H3. The van der Waals surface area contributed by atoms with Crippen molar-refractivity contribution in [2.75, 3.05) is 34.1 Å². The number of carbonyl (C=O) groups is 1. The van der Waals surface area contributed by atoms with E-state index in [1.165, 1.54) is 0 Å². The second kappa shape index (κ2) is 10.0. The van der Waals surface area contributed by atoms with Gasteiger partial charge in [-0.1, -0.05) is 18.2 Å². The first-order valence-corrected chi connectivity index (χ1v) is 11.5. The number of likely N-dealkylation sites (tertiary alicyclic amines) is 1. The molecule has 2 heterocycles. The first-order chi connectivity index (χ1) is 16.0. The number of ether oxygens (including phenoxy) is 5. The summed E-state index contributed by atoms with van der Waals surface area (Å²) in [5, 5.41) is 0. The highest BCUT2D eigenvalue weighted by Gasteiger charge is 2.48. The van der Waals surface area contributed by atoms with E-state index < -0.39 is 5.60 Å². The number of nitrogens with zero attached hydrogens (tertiary/aromatic N) is 1. The summed E-state index contributed by atoms with van der Waals surface area (Å²) in [5.41, 5.74) is 1.25. The summed E-state index contributed by atoms with van der Waals surface area (Å²) < 4.78 is 29.0. The van der Waals surface area contributed by atoms with Crippen molar-refractivity contribution < 1.29 is 28.5 Å². The largest absolute Gasteiger partial charge is 0.493 e. The zero-order valence-corrected chi connectivity index (χ0v) is 19.8. The number of hydrogen-bond donors (Lipinski definition) is 0. The molecule has 0 radical (unpaired) electrons. The van der Waals surface area contributed by atoms with Gasteiger partial charge in [0.25, 0.3) is 5.91 Å². The van der Waals surface area contributed by atoms with E-state index in [9.17, 15) is 4.79 Å². The number of rotatable bonds is 7. The molecule has 1 saturated heterocycles. The lowest BCUT2D eigenvalue weighted by Crippen LogP contribution is -2.59. The first kappa shape index (κ1) is 23.4. The maximum atomic E-state index is 13.3. The molecule has 7 nitrogen and oxygen atoms in total. The van der Waals surface area contributed by atoms with Gasteiger partial charge in [-0.25, -0.2) is 0 Å². The molecule has 1 unspecified atom stereocenters. The molecular weight excluding hydrogens is 422 g/mol. The summed E-state index contributed by atoms with van der Waals surface area (Å²) in [6.45, 7) is 5.29. The van der Waals surface area contributed by atoms with Gasteiger partial charge in [-0.05, 0) is 43.7 Å². The fourth-order valence-electron chi connectivity index (χ4n) is 4.65. The van der Waals surface area contributed by atoms with Crippen LogP contribution in [0.3, 0.4) is 0 Å². The van der Waals surface area contributed by atoms with E-state index in [2.05, 4.69) is 6.07 Å². The summed E-state index contributed by atoms with van der Waals surface area (Å²) in [6.07, 6.45) is 2.03. The van der Waals surface area contributed by atoms with Gasteiger partial charge >= 0.3 is 0 Å². The van der Waals surface area contributed by atoms with Crippen molar-refractivity contribution >= 4 is 5.91 Å². The van der Waals surface area contributed by atoms with Crippen LogP contribution in [0.1, 0.15) is 42.6 Å². The van der Waals surface area contributed by atoms with Gasteiger partial charge in [-0.3, -0.25) is 4.79 Å². The lowest BCUT2D eigenvalue weighted by Gasteiger charge is -2.48. The van der Waals surface area contributed by atoms with Crippen molar-refractivity contribution in [1.82, 2.24) is 4.90 Å². The summed E-state index contributed by atoms with van der Waals surface area (Å²) >= 11 is 0. The van der Waals surface area contributed by atoms with E-state index >= 15 is 0 Å². The van der Waals surface area contributed by atoms with Gasteiger partial charge in [0, 0.05) is 45.0 Å². The van der Waals surface area contributed by atoms with Crippen molar-refractivity contribution in [2.45, 2.75) is 50.9 Å². The Labute approximate surface area is 195 Å². The molecule has 0 bridgehead atoms. The van der Waals surface area contributed by atoms with Crippen LogP contribution in [0.4, 0.5) is 0 Å². The number of fused-ring (bicyclic) bond motifs is 1. The van der Waals surface area contributed by atoms with E-state index in [0.29, 0.717) is 43.0 Å². The number of hydrogen-bond acceptors (Lipinski definition) is 6. The Morgan fingerprint density at radius 3 is 2.58 bits per heavy atom. The molecule has 2 aromatic carbocycles. The predicted octanol–water partition coefficient (Wildman–Crippen LogP) is 4.08. The van der Waals surface area contributed by atoms with Crippen LogP contribution in [0.5, 0.6) is 17.2 Å². The SMILES string of the molecule is COCOC1Cc2ccccc2OC12CCN(C(=O)c1ccc(OC(C)C)c(OC)c1)CC2. The number of benzene rings is 2. The Morgan fingerprint density at radius 2 is 1.88 bits per heavy atom. The highest BCUT2D eigenvalue weighted by molar-refractivity contribution is 5.95. The quantitative estimate of drug-likeness (QED) is 0.586. The minimum atomic E-state index is -0.476. The Balaban J connectivity index is 1.48. The molecule has 1 atom stereocenters. The van der Waals surface area contributed by atoms with Crippen LogP contribution >= 0.6 is 0 Å². The van der Waals surface area contributed by atoms with Crippen LogP contribution in [0.25, 0.3) is 0 Å². The summed E-state index contributed by atoms with van der Waals surface area (Å²) in [6, 6.07) is 13.4. The van der Waals surface area contributed by atoms with Gasteiger partial charge in [-0.15, -0.1) is 0 Å². The Bertz CT molecular complexity index is 967. The van der Waals surface area contributed by atoms with Crippen LogP contribution in [-0.4, -0.2) is 62.7 Å². The third kappa shape index (κ3) is 4.94. The number of piperidine rings is 1. The van der Waals surface area contributed by atoms with Gasteiger partial charge in [0.1, 0.15) is 24.2 Å². The molecule has 0 aliphatic carbocycles. The second-order valence-corrected chi connectivity index (χ2v) is 8.86. The minimum absolute atomic E-state index is 0.0210. The van der Waals surface area contributed by atoms with Crippen LogP contribution in [0.2, 0.25) is 0 Å². The number of para-hydroxylation sites is 1. The molecule has 1 fully saturated rings. The maximum Gasteiger partial charge on any atom is 0.253 e. The fourth-order valence-corrected chi connectivity index (χ4v) is 4.65. The highest BCUT2D eigenvalue weighted by atomic mass is 16.7. The fraction of sp³-hybridized carbons (Fsp3) is 0.500. The Morgan fingerprint density at radius 1 is 1.12 bits per heavy atom. The van der Waals surface area contributed by atoms with Crippen LogP contribution in [0, 0.1) is 0 Å². The first-order valence-electron chi connectivity index (χ1n) is 11.5. The van der Waals surface area contributed by atoms with Gasteiger partial charge in [0.2, 0.25) is 0 Å². The van der Waals surface area contributed by atoms with E-state index in [1.54, 1.807) is 32.4 Å². The topological polar surface area (TPSA) is 66.5 Å². The molecule has 2 aliphatic rings. The minimum Gasteiger partial charge on any atom is -0.493 e. The molecule has 2 aromatic rings. The Kier molecular flexibility index (Phi) is 7.10. The summed E-state index contributed by atoms with van der Waals surface area (Å²) in [4.78, 5) is 15.1. The van der Waals surface area contributed by atoms with E-state index in [4.69, 9.17) is 23.7 Å². The summed E-state index contributed by atoms with van der Waals surface area (Å²) in [7, 11) is 3.21. The number of methoxy groups -OCH3 is 2. The molecule has 178 valence electrons. The Hall–Kier alpha value is -2.77. The highest BCUT2D eigenvalue weighted by Crippen LogP contribution is 2.41. The molecule has 0 N–H and O–H groups in total. The zero-order chi connectivity index (χ0) is 23.4. The van der Waals surface area contributed by atoms with Gasteiger partial charge in [0.15, 0.2) is 11.5 Å². The van der Waals surface area contributed by atoms with E-state index in [0.717, 1.165) is 17.7 Å². The third-order valence-corrected chi connectivity index (χ3v) is 6.34. The van der Waals surface area contributed by atoms with Crippen LogP contribution in [0.15, 0.2) is 42.5 Å². The smallest absolute Gasteiger partial charge is 0.253 e. The molecule has 1 spiro atoms. The van der Waals surface area contributed by atoms with Gasteiger partial charge < -0.3 is 28.6 Å². The zero-order valence-electron chi connectivity index (χ0n) is 19.8. The molecule has 2 aliphatic heterocycles. The maximum absolute atomic E-state index is 13.3. The van der Waals surface area contributed by atoms with E-state index in [1.807, 2.05) is 36.9 Å². The third-order valence-electron chi connectivity index (χ3n) is 6.34. The molecule has 4 rings (SSSR count). The lowest BCUT2D eigenvalue weighted by molar-refractivity contribution is -0.165. The molecule has 0 saturated carbocycles. The van der Waals surface area contributed by atoms with Crippen molar-refractivity contribution in [1.29, 1.82) is 0 Å². The van der Waals surface area contributed by atoms with Crippen LogP contribution in [-0.2, 0) is 15.9 Å².